The van der Waals surface area contributed by atoms with Crippen LogP contribution in [0.25, 0.3) is 0 Å². The summed E-state index contributed by atoms with van der Waals surface area (Å²) in [5, 5.41) is 3.94. The molecule has 2 saturated heterocycles. The van der Waals surface area contributed by atoms with Gasteiger partial charge in [-0.25, -0.2) is 0 Å². The zero-order valence-corrected chi connectivity index (χ0v) is 19.8. The number of hydrogen-bond acceptors (Lipinski definition) is 4. The minimum absolute atomic E-state index is 0.0481. The molecule has 6 nitrogen and oxygen atoms in total. The molecule has 0 aliphatic carbocycles. The molecule has 176 valence electrons. The van der Waals surface area contributed by atoms with Crippen molar-refractivity contribution in [3.05, 3.63) is 64.7 Å². The molecule has 0 saturated carbocycles. The molecule has 7 heteroatoms. The zero-order valence-electron chi connectivity index (χ0n) is 19.0. The summed E-state index contributed by atoms with van der Waals surface area (Å²) in [4.78, 5) is 28.2. The van der Waals surface area contributed by atoms with Gasteiger partial charge in [-0.2, -0.15) is 0 Å². The molecular formula is C26H31ClN2O4. The van der Waals surface area contributed by atoms with E-state index in [0.717, 1.165) is 29.7 Å². The van der Waals surface area contributed by atoms with Gasteiger partial charge in [0, 0.05) is 42.9 Å². The van der Waals surface area contributed by atoms with E-state index in [0.29, 0.717) is 50.6 Å². The van der Waals surface area contributed by atoms with Crippen molar-refractivity contribution in [3.63, 3.8) is 0 Å². The van der Waals surface area contributed by atoms with Crippen molar-refractivity contribution in [2.45, 2.75) is 43.6 Å². The highest BCUT2D eigenvalue weighted by Gasteiger charge is 2.42. The van der Waals surface area contributed by atoms with Crippen molar-refractivity contribution in [1.82, 2.24) is 10.2 Å². The second-order valence-corrected chi connectivity index (χ2v) is 9.25. The number of amides is 2. The number of ether oxygens (including phenoxy) is 2. The molecule has 2 heterocycles. The van der Waals surface area contributed by atoms with Gasteiger partial charge in [-0.1, -0.05) is 41.9 Å². The molecule has 0 radical (unpaired) electrons. The number of nitrogens with one attached hydrogen (secondary N) is 1. The molecule has 2 amide bonds. The molecular weight excluding hydrogens is 440 g/mol. The number of likely N-dealkylation sites (tertiary alicyclic amines) is 1. The van der Waals surface area contributed by atoms with Crippen molar-refractivity contribution >= 4 is 23.4 Å². The highest BCUT2D eigenvalue weighted by molar-refractivity contribution is 6.30. The number of halogens is 1. The van der Waals surface area contributed by atoms with Gasteiger partial charge in [0.2, 0.25) is 11.8 Å². The average molecular weight is 471 g/mol. The molecule has 0 bridgehead atoms. The summed E-state index contributed by atoms with van der Waals surface area (Å²) in [6, 6.07) is 15.2. The number of piperidine rings is 1. The van der Waals surface area contributed by atoms with Crippen LogP contribution >= 0.6 is 11.6 Å². The molecule has 0 atom stereocenters. The Morgan fingerprint density at radius 1 is 1.09 bits per heavy atom. The van der Waals surface area contributed by atoms with Gasteiger partial charge in [0.1, 0.15) is 5.75 Å². The van der Waals surface area contributed by atoms with E-state index in [1.165, 1.54) is 0 Å². The Morgan fingerprint density at radius 3 is 2.42 bits per heavy atom. The molecule has 2 aliphatic heterocycles. The summed E-state index contributed by atoms with van der Waals surface area (Å²) in [7, 11) is 1.62. The summed E-state index contributed by atoms with van der Waals surface area (Å²) >= 11 is 6.07. The van der Waals surface area contributed by atoms with E-state index in [9.17, 15) is 9.59 Å². The lowest BCUT2D eigenvalue weighted by Crippen LogP contribution is -2.53. The van der Waals surface area contributed by atoms with E-state index >= 15 is 0 Å². The Kier molecular flexibility index (Phi) is 7.56. The molecule has 2 aromatic carbocycles. The Morgan fingerprint density at radius 2 is 1.76 bits per heavy atom. The second-order valence-electron chi connectivity index (χ2n) is 8.82. The van der Waals surface area contributed by atoms with Gasteiger partial charge in [-0.05, 0) is 49.4 Å². The molecule has 2 fully saturated rings. The second kappa shape index (κ2) is 10.6. The standard InChI is InChI=1S/C26H31ClN2O4/c1-32-23-5-3-2-4-19(23)18-24(30)29-14-10-22(11-15-29)28-25(31)26(12-16-33-17-13-26)20-6-8-21(27)9-7-20/h2-9,22H,10-18H2,1H3,(H,28,31). The topological polar surface area (TPSA) is 67.9 Å². The van der Waals surface area contributed by atoms with Gasteiger partial charge >= 0.3 is 0 Å². The molecule has 1 N–H and O–H groups in total. The van der Waals surface area contributed by atoms with Crippen molar-refractivity contribution < 1.29 is 19.1 Å². The van der Waals surface area contributed by atoms with Crippen LogP contribution in [0.1, 0.15) is 36.8 Å². The number of nitrogens with zero attached hydrogens (tertiary/aromatic N) is 1. The third-order valence-corrected chi connectivity index (χ3v) is 7.15. The first-order valence-electron chi connectivity index (χ1n) is 11.6. The van der Waals surface area contributed by atoms with Crippen LogP contribution in [0.3, 0.4) is 0 Å². The van der Waals surface area contributed by atoms with Crippen LogP contribution in [0.4, 0.5) is 0 Å². The number of carbonyl (C=O) groups excluding carboxylic acids is 2. The van der Waals surface area contributed by atoms with Crippen molar-refractivity contribution in [2.75, 3.05) is 33.4 Å². The molecule has 2 aromatic rings. The van der Waals surface area contributed by atoms with Gasteiger partial charge < -0.3 is 19.7 Å². The molecule has 0 unspecified atom stereocenters. The SMILES string of the molecule is COc1ccccc1CC(=O)N1CCC(NC(=O)C2(c3ccc(Cl)cc3)CCOCC2)CC1. The highest BCUT2D eigenvalue weighted by Crippen LogP contribution is 2.36. The van der Waals surface area contributed by atoms with Crippen LogP contribution in [-0.2, 0) is 26.2 Å². The first kappa shape index (κ1) is 23.6. The van der Waals surface area contributed by atoms with E-state index in [1.807, 2.05) is 53.4 Å². The number of benzene rings is 2. The predicted octanol–water partition coefficient (Wildman–Crippen LogP) is 3.75. The van der Waals surface area contributed by atoms with Gasteiger partial charge in [-0.15, -0.1) is 0 Å². The Labute approximate surface area is 200 Å². The average Bonchev–Trinajstić information content (AvgIpc) is 2.85. The van der Waals surface area contributed by atoms with E-state index in [2.05, 4.69) is 5.32 Å². The van der Waals surface area contributed by atoms with Crippen LogP contribution in [0.2, 0.25) is 5.02 Å². The van der Waals surface area contributed by atoms with Crippen molar-refractivity contribution in [3.8, 4) is 5.75 Å². The minimum Gasteiger partial charge on any atom is -0.496 e. The lowest BCUT2D eigenvalue weighted by Gasteiger charge is -2.39. The van der Waals surface area contributed by atoms with E-state index in [1.54, 1.807) is 7.11 Å². The fourth-order valence-corrected chi connectivity index (χ4v) is 4.98. The van der Waals surface area contributed by atoms with E-state index in [-0.39, 0.29) is 17.9 Å². The van der Waals surface area contributed by atoms with Crippen LogP contribution in [0.15, 0.2) is 48.5 Å². The molecule has 33 heavy (non-hydrogen) atoms. The number of para-hydroxylation sites is 1. The largest absolute Gasteiger partial charge is 0.496 e. The summed E-state index contributed by atoms with van der Waals surface area (Å²) < 4.78 is 10.9. The fraction of sp³-hybridized carbons (Fsp3) is 0.462. The number of methoxy groups -OCH3 is 1. The van der Waals surface area contributed by atoms with Crippen LogP contribution in [0, 0.1) is 0 Å². The van der Waals surface area contributed by atoms with Crippen LogP contribution in [-0.4, -0.2) is 56.2 Å². The van der Waals surface area contributed by atoms with Gasteiger partial charge in [-0.3, -0.25) is 9.59 Å². The Balaban J connectivity index is 1.36. The normalized spacial score (nSPS) is 18.5. The van der Waals surface area contributed by atoms with E-state index in [4.69, 9.17) is 21.1 Å². The van der Waals surface area contributed by atoms with Crippen molar-refractivity contribution in [1.29, 1.82) is 0 Å². The molecule has 0 aromatic heterocycles. The lowest BCUT2D eigenvalue weighted by atomic mass is 9.73. The first-order valence-corrected chi connectivity index (χ1v) is 11.9. The monoisotopic (exact) mass is 470 g/mol. The van der Waals surface area contributed by atoms with Gasteiger partial charge in [0.25, 0.3) is 0 Å². The van der Waals surface area contributed by atoms with Gasteiger partial charge in [0.05, 0.1) is 18.9 Å². The lowest BCUT2D eigenvalue weighted by molar-refractivity contribution is -0.133. The third kappa shape index (κ3) is 5.33. The van der Waals surface area contributed by atoms with Crippen LogP contribution < -0.4 is 10.1 Å². The Bertz CT molecular complexity index is 965. The summed E-state index contributed by atoms with van der Waals surface area (Å²) in [5.74, 6) is 0.871. The maximum Gasteiger partial charge on any atom is 0.231 e. The zero-order chi connectivity index (χ0) is 23.3. The van der Waals surface area contributed by atoms with Crippen LogP contribution in [0.5, 0.6) is 5.75 Å². The molecule has 4 rings (SSSR count). The third-order valence-electron chi connectivity index (χ3n) is 6.89. The quantitative estimate of drug-likeness (QED) is 0.698. The summed E-state index contributed by atoms with van der Waals surface area (Å²) in [6.45, 7) is 2.39. The molecule has 2 aliphatic rings. The van der Waals surface area contributed by atoms with Gasteiger partial charge in [0.15, 0.2) is 0 Å². The highest BCUT2D eigenvalue weighted by atomic mass is 35.5. The smallest absolute Gasteiger partial charge is 0.231 e. The number of carbonyl (C=O) groups is 2. The van der Waals surface area contributed by atoms with E-state index < -0.39 is 5.41 Å². The fourth-order valence-electron chi connectivity index (χ4n) is 4.86. The summed E-state index contributed by atoms with van der Waals surface area (Å²) in [5.41, 5.74) is 1.28. The number of hydrogen-bond donors (Lipinski definition) is 1. The maximum absolute atomic E-state index is 13.5. The summed E-state index contributed by atoms with van der Waals surface area (Å²) in [6.07, 6.45) is 3.11. The molecule has 0 spiro atoms. The van der Waals surface area contributed by atoms with Crippen molar-refractivity contribution in [2.24, 2.45) is 0 Å². The number of rotatable bonds is 6. The minimum atomic E-state index is -0.598. The predicted molar refractivity (Wildman–Crippen MR) is 128 cm³/mol. The first-order chi connectivity index (χ1) is 16.0. The maximum atomic E-state index is 13.5. The Hall–Kier alpha value is -2.57.